The molecule has 2 fully saturated rings. The number of ether oxygens (including phenoxy) is 2. The third-order valence-electron chi connectivity index (χ3n) is 6.33. The van der Waals surface area contributed by atoms with Crippen LogP contribution in [0.25, 0.3) is 0 Å². The lowest BCUT2D eigenvalue weighted by molar-refractivity contribution is -0.126. The topological polar surface area (TPSA) is 82.8 Å². The smallest absolute Gasteiger partial charge is 0.336 e. The van der Waals surface area contributed by atoms with Gasteiger partial charge in [0.1, 0.15) is 0 Å². The summed E-state index contributed by atoms with van der Waals surface area (Å²) in [6.45, 7) is 5.41. The van der Waals surface area contributed by atoms with E-state index in [1.807, 2.05) is 6.92 Å². The summed E-state index contributed by atoms with van der Waals surface area (Å²) in [5.74, 6) is -0.571. The van der Waals surface area contributed by atoms with Crippen LogP contribution in [-0.2, 0) is 0 Å². The Balaban J connectivity index is 1.46. The molecule has 7 heteroatoms. The molecule has 0 amide bonds. The molecule has 1 aromatic carbocycles. The van der Waals surface area contributed by atoms with Gasteiger partial charge in [-0.2, -0.15) is 5.26 Å². The summed E-state index contributed by atoms with van der Waals surface area (Å²) in [5, 5.41) is 18.6. The van der Waals surface area contributed by atoms with E-state index in [0.29, 0.717) is 23.1 Å². The molecule has 0 bridgehead atoms. The molecule has 0 spiro atoms. The van der Waals surface area contributed by atoms with Gasteiger partial charge in [-0.15, -0.1) is 0 Å². The highest BCUT2D eigenvalue weighted by molar-refractivity contribution is 6.32. The van der Waals surface area contributed by atoms with Crippen molar-refractivity contribution in [1.82, 2.24) is 4.90 Å². The Labute approximate surface area is 163 Å². The molecule has 0 radical (unpaired) electrons. The fourth-order valence-electron chi connectivity index (χ4n) is 4.59. The summed E-state index contributed by atoms with van der Waals surface area (Å²) in [6.07, 6.45) is 4.03. The molecule has 2 heterocycles. The van der Waals surface area contributed by atoms with Crippen LogP contribution in [0.4, 0.5) is 0 Å². The summed E-state index contributed by atoms with van der Waals surface area (Å²) < 4.78 is 12.3. The van der Waals surface area contributed by atoms with Gasteiger partial charge in [0.05, 0.1) is 22.6 Å². The number of carboxylic acid groups (broad SMARTS) is 1. The lowest BCUT2D eigenvalue weighted by Crippen LogP contribution is -2.54. The highest BCUT2D eigenvalue weighted by Crippen LogP contribution is 2.51. The van der Waals surface area contributed by atoms with Crippen LogP contribution in [0.1, 0.15) is 48.5 Å². The first kappa shape index (κ1) is 18.4. The summed E-state index contributed by atoms with van der Waals surface area (Å²) in [7, 11) is 0. The lowest BCUT2D eigenvalue weighted by Gasteiger charge is -2.45. The van der Waals surface area contributed by atoms with Gasteiger partial charge < -0.3 is 14.6 Å². The summed E-state index contributed by atoms with van der Waals surface area (Å²) in [6, 6.07) is 4.29. The molecule has 4 rings (SSSR count). The van der Waals surface area contributed by atoms with Gasteiger partial charge in [0.15, 0.2) is 11.5 Å². The van der Waals surface area contributed by atoms with Crippen molar-refractivity contribution in [3.8, 4) is 17.6 Å². The van der Waals surface area contributed by atoms with E-state index >= 15 is 0 Å². The Morgan fingerprint density at radius 2 is 1.93 bits per heavy atom. The van der Waals surface area contributed by atoms with Crippen molar-refractivity contribution in [2.24, 2.45) is 11.8 Å². The third-order valence-corrected chi connectivity index (χ3v) is 6.61. The number of benzene rings is 1. The molecule has 2 aliphatic heterocycles. The van der Waals surface area contributed by atoms with Gasteiger partial charge in [-0.25, -0.2) is 4.79 Å². The second kappa shape index (κ2) is 6.57. The number of rotatable bonds is 3. The second-order valence-electron chi connectivity index (χ2n) is 8.00. The normalized spacial score (nSPS) is 30.6. The Morgan fingerprint density at radius 3 is 2.52 bits per heavy atom. The van der Waals surface area contributed by atoms with Crippen LogP contribution in [0.5, 0.6) is 11.5 Å². The van der Waals surface area contributed by atoms with Gasteiger partial charge in [-0.3, -0.25) is 4.90 Å². The molecule has 3 aliphatic rings. The van der Waals surface area contributed by atoms with Crippen LogP contribution in [0.3, 0.4) is 0 Å². The predicted octanol–water partition coefficient (Wildman–Crippen LogP) is 3.85. The maximum atomic E-state index is 11.4. The molecule has 0 aromatic heterocycles. The average molecular weight is 391 g/mol. The van der Waals surface area contributed by atoms with E-state index in [1.54, 1.807) is 6.92 Å². The van der Waals surface area contributed by atoms with E-state index in [4.69, 9.17) is 26.3 Å². The Hall–Kier alpha value is -1.97. The molecule has 1 saturated heterocycles. The molecule has 1 N–H and O–H groups in total. The van der Waals surface area contributed by atoms with Crippen LogP contribution in [0, 0.1) is 30.1 Å². The number of aromatic carboxylic acids is 1. The summed E-state index contributed by atoms with van der Waals surface area (Å²) in [5.41, 5.74) is 0.683. The van der Waals surface area contributed by atoms with Gasteiger partial charge in [-0.1, -0.05) is 11.6 Å². The van der Waals surface area contributed by atoms with Crippen LogP contribution in [0.2, 0.25) is 5.02 Å². The van der Waals surface area contributed by atoms with Crippen molar-refractivity contribution in [3.63, 3.8) is 0 Å². The first-order chi connectivity index (χ1) is 12.8. The zero-order valence-electron chi connectivity index (χ0n) is 15.5. The van der Waals surface area contributed by atoms with E-state index in [1.165, 1.54) is 6.07 Å². The predicted molar refractivity (Wildman–Crippen MR) is 99.2 cm³/mol. The zero-order valence-corrected chi connectivity index (χ0v) is 16.3. The standard InChI is InChI=1S/C20H23ClN2O4/c1-11-15(19(24)25)7-16(21)18-17(11)26-20(2,27-18)13-3-5-14(6-4-13)23-9-12(8-22)10-23/h7,12-14H,3-6,9-10H2,1-2H3,(H,24,25). The summed E-state index contributed by atoms with van der Waals surface area (Å²) in [4.78, 5) is 13.8. The zero-order chi connectivity index (χ0) is 19.3. The average Bonchev–Trinajstić information content (AvgIpc) is 2.97. The fraction of sp³-hybridized carbons (Fsp3) is 0.600. The molecule has 1 atom stereocenters. The molecular formula is C20H23ClN2O4. The van der Waals surface area contributed by atoms with Crippen molar-refractivity contribution >= 4 is 17.6 Å². The molecule has 1 unspecified atom stereocenters. The van der Waals surface area contributed by atoms with Crippen LogP contribution in [0.15, 0.2) is 6.07 Å². The quantitative estimate of drug-likeness (QED) is 0.844. The first-order valence-corrected chi connectivity index (χ1v) is 9.78. The largest absolute Gasteiger partial charge is 0.478 e. The summed E-state index contributed by atoms with van der Waals surface area (Å²) >= 11 is 6.27. The second-order valence-corrected chi connectivity index (χ2v) is 8.41. The molecule has 27 heavy (non-hydrogen) atoms. The molecular weight excluding hydrogens is 368 g/mol. The van der Waals surface area contributed by atoms with Gasteiger partial charge in [-0.05, 0) is 38.7 Å². The number of fused-ring (bicyclic) bond motifs is 1. The number of carboxylic acids is 1. The molecule has 6 nitrogen and oxygen atoms in total. The molecule has 1 aliphatic carbocycles. The van der Waals surface area contributed by atoms with Gasteiger partial charge in [0, 0.05) is 37.5 Å². The lowest BCUT2D eigenvalue weighted by atomic mass is 9.79. The van der Waals surface area contributed by atoms with E-state index in [2.05, 4.69) is 11.0 Å². The van der Waals surface area contributed by atoms with E-state index in [9.17, 15) is 9.90 Å². The monoisotopic (exact) mass is 390 g/mol. The van der Waals surface area contributed by atoms with Crippen LogP contribution < -0.4 is 9.47 Å². The van der Waals surface area contributed by atoms with E-state index < -0.39 is 11.8 Å². The number of halogens is 1. The fourth-order valence-corrected chi connectivity index (χ4v) is 4.83. The highest BCUT2D eigenvalue weighted by atomic mass is 35.5. The van der Waals surface area contributed by atoms with Crippen molar-refractivity contribution in [1.29, 1.82) is 5.26 Å². The minimum absolute atomic E-state index is 0.139. The molecule has 1 saturated carbocycles. The molecule has 1 aromatic rings. The number of hydrogen-bond donors (Lipinski definition) is 1. The number of likely N-dealkylation sites (tertiary alicyclic amines) is 1. The Kier molecular flexibility index (Phi) is 4.48. The molecule has 144 valence electrons. The van der Waals surface area contributed by atoms with Crippen molar-refractivity contribution in [2.45, 2.75) is 51.4 Å². The Bertz CT molecular complexity index is 822. The van der Waals surface area contributed by atoms with Gasteiger partial charge in [0.25, 0.3) is 5.79 Å². The van der Waals surface area contributed by atoms with Gasteiger partial charge in [0.2, 0.25) is 0 Å². The minimum Gasteiger partial charge on any atom is -0.478 e. The van der Waals surface area contributed by atoms with Crippen molar-refractivity contribution < 1.29 is 19.4 Å². The first-order valence-electron chi connectivity index (χ1n) is 9.40. The number of nitrogens with zero attached hydrogens (tertiary/aromatic N) is 2. The number of carbonyl (C=O) groups is 1. The van der Waals surface area contributed by atoms with Crippen LogP contribution in [-0.4, -0.2) is 40.9 Å². The van der Waals surface area contributed by atoms with E-state index in [0.717, 1.165) is 38.8 Å². The maximum absolute atomic E-state index is 11.4. The number of nitriles is 1. The SMILES string of the molecule is Cc1c(C(=O)O)cc(Cl)c2c1OC(C)(C1CCC(N3CC(C#N)C3)CC1)O2. The Morgan fingerprint density at radius 1 is 1.30 bits per heavy atom. The maximum Gasteiger partial charge on any atom is 0.336 e. The van der Waals surface area contributed by atoms with Crippen molar-refractivity contribution in [3.05, 3.63) is 22.2 Å². The van der Waals surface area contributed by atoms with E-state index in [-0.39, 0.29) is 22.4 Å². The minimum atomic E-state index is -1.03. The third kappa shape index (κ3) is 3.03. The van der Waals surface area contributed by atoms with Crippen molar-refractivity contribution in [2.75, 3.05) is 13.1 Å². The van der Waals surface area contributed by atoms with Crippen LogP contribution >= 0.6 is 11.6 Å². The van der Waals surface area contributed by atoms with Gasteiger partial charge >= 0.3 is 5.97 Å². The number of hydrogen-bond acceptors (Lipinski definition) is 5. The highest BCUT2D eigenvalue weighted by Gasteiger charge is 2.48.